The van der Waals surface area contributed by atoms with E-state index in [4.69, 9.17) is 23.2 Å². The van der Waals surface area contributed by atoms with E-state index < -0.39 is 47.5 Å². The molecule has 0 fully saturated rings. The molecule has 0 aliphatic rings. The Hall–Kier alpha value is -2.73. The molecule has 1 amide bonds. The lowest BCUT2D eigenvalue weighted by atomic mass is 10.2. The number of rotatable bonds is 7. The van der Waals surface area contributed by atoms with Crippen LogP contribution in [0.4, 0.5) is 27.9 Å². The first-order valence-corrected chi connectivity index (χ1v) is 8.87. The zero-order valence-electron chi connectivity index (χ0n) is 14.7. The maximum Gasteiger partial charge on any atom is 0.283 e. The van der Waals surface area contributed by atoms with Crippen molar-refractivity contribution in [2.45, 2.75) is 25.9 Å². The van der Waals surface area contributed by atoms with E-state index in [0.717, 1.165) is 6.07 Å². The first kappa shape index (κ1) is 22.0. The van der Waals surface area contributed by atoms with Crippen LogP contribution in [0.25, 0.3) is 0 Å². The number of aromatic nitrogens is 5. The van der Waals surface area contributed by atoms with E-state index >= 15 is 0 Å². The van der Waals surface area contributed by atoms with Crippen LogP contribution in [-0.4, -0.2) is 30.5 Å². The molecule has 1 N–H and O–H groups in total. The fourth-order valence-electron chi connectivity index (χ4n) is 2.49. The highest BCUT2D eigenvalue weighted by Crippen LogP contribution is 2.34. The molecular formula is C16H11Cl2F5N6O. The van der Waals surface area contributed by atoms with Crippen LogP contribution in [0.1, 0.15) is 29.8 Å². The summed E-state index contributed by atoms with van der Waals surface area (Å²) in [5, 5.41) is 8.75. The number of carbonyl (C=O) groups is 1. The van der Waals surface area contributed by atoms with Crippen molar-refractivity contribution in [3.63, 3.8) is 0 Å². The molecule has 2 aromatic heterocycles. The average Bonchev–Trinajstić information content (AvgIpc) is 3.21. The molecule has 0 aliphatic heterocycles. The van der Waals surface area contributed by atoms with Crippen molar-refractivity contribution in [1.29, 1.82) is 0 Å². The number of anilines is 1. The molecule has 0 bridgehead atoms. The predicted octanol–water partition coefficient (Wildman–Crippen LogP) is 4.48. The Bertz CT molecular complexity index is 1070. The topological polar surface area (TPSA) is 77.6 Å². The van der Waals surface area contributed by atoms with E-state index in [1.165, 1.54) is 23.1 Å². The Morgan fingerprint density at radius 2 is 1.87 bits per heavy atom. The van der Waals surface area contributed by atoms with Crippen molar-refractivity contribution in [3.8, 4) is 0 Å². The maximum absolute atomic E-state index is 13.1. The van der Waals surface area contributed by atoms with E-state index in [2.05, 4.69) is 20.5 Å². The Balaban J connectivity index is 1.70. The van der Waals surface area contributed by atoms with Gasteiger partial charge in [0.25, 0.3) is 12.9 Å². The standard InChI is InChI=1S/C16H11Cl2F5N6O/c17-9-3-8(19)2-1-7(9)4-28-6-24-16(27-28)25-10(30)5-29-13(15(22)23)11(18)12(26-29)14(20)21/h1-3,6,14-15H,4-5H2,(H,25,27,30). The summed E-state index contributed by atoms with van der Waals surface area (Å²) in [6, 6.07) is 3.79. The molecule has 160 valence electrons. The molecule has 0 unspecified atom stereocenters. The molecule has 0 saturated heterocycles. The summed E-state index contributed by atoms with van der Waals surface area (Å²) < 4.78 is 66.7. The van der Waals surface area contributed by atoms with Crippen molar-refractivity contribution in [2.24, 2.45) is 0 Å². The van der Waals surface area contributed by atoms with Gasteiger partial charge in [-0.25, -0.2) is 31.6 Å². The van der Waals surface area contributed by atoms with Gasteiger partial charge in [-0.3, -0.25) is 14.8 Å². The fourth-order valence-corrected chi connectivity index (χ4v) is 3.02. The first-order valence-electron chi connectivity index (χ1n) is 8.11. The van der Waals surface area contributed by atoms with Crippen molar-refractivity contribution < 1.29 is 26.7 Å². The second-order valence-electron chi connectivity index (χ2n) is 5.89. The Morgan fingerprint density at radius 1 is 1.13 bits per heavy atom. The van der Waals surface area contributed by atoms with Crippen LogP contribution in [0.15, 0.2) is 24.5 Å². The van der Waals surface area contributed by atoms with E-state index in [1.807, 2.05) is 0 Å². The van der Waals surface area contributed by atoms with Crippen LogP contribution in [0, 0.1) is 5.82 Å². The van der Waals surface area contributed by atoms with Crippen LogP contribution in [-0.2, 0) is 17.9 Å². The first-order chi connectivity index (χ1) is 14.2. The Labute approximate surface area is 175 Å². The summed E-state index contributed by atoms with van der Waals surface area (Å²) in [7, 11) is 0. The summed E-state index contributed by atoms with van der Waals surface area (Å²) in [5.41, 5.74) is -1.50. The van der Waals surface area contributed by atoms with Crippen LogP contribution < -0.4 is 5.32 Å². The molecule has 30 heavy (non-hydrogen) atoms. The number of benzene rings is 1. The maximum atomic E-state index is 13.1. The lowest BCUT2D eigenvalue weighted by Crippen LogP contribution is -2.22. The molecule has 0 aliphatic carbocycles. The van der Waals surface area contributed by atoms with Gasteiger partial charge in [0.1, 0.15) is 30.1 Å². The van der Waals surface area contributed by atoms with E-state index in [-0.39, 0.29) is 17.5 Å². The number of nitrogens with one attached hydrogen (secondary N) is 1. The smallest absolute Gasteiger partial charge is 0.283 e. The molecule has 3 aromatic rings. The summed E-state index contributed by atoms with van der Waals surface area (Å²) in [5.74, 6) is -1.58. The normalized spacial score (nSPS) is 11.5. The molecule has 0 spiro atoms. The second-order valence-corrected chi connectivity index (χ2v) is 6.68. The van der Waals surface area contributed by atoms with Gasteiger partial charge in [-0.05, 0) is 17.7 Å². The van der Waals surface area contributed by atoms with Crippen LogP contribution in [0.3, 0.4) is 0 Å². The van der Waals surface area contributed by atoms with Crippen LogP contribution in [0.5, 0.6) is 0 Å². The number of halogens is 7. The highest BCUT2D eigenvalue weighted by Gasteiger charge is 2.28. The number of amides is 1. The third kappa shape index (κ3) is 4.87. The van der Waals surface area contributed by atoms with Gasteiger partial charge < -0.3 is 0 Å². The zero-order chi connectivity index (χ0) is 22.0. The van der Waals surface area contributed by atoms with Crippen molar-refractivity contribution >= 4 is 35.1 Å². The van der Waals surface area contributed by atoms with Gasteiger partial charge in [-0.1, -0.05) is 29.3 Å². The van der Waals surface area contributed by atoms with Crippen molar-refractivity contribution in [3.05, 3.63) is 57.3 Å². The molecule has 2 heterocycles. The van der Waals surface area contributed by atoms with Gasteiger partial charge in [0.15, 0.2) is 0 Å². The number of nitrogens with zero attached hydrogens (tertiary/aromatic N) is 5. The van der Waals surface area contributed by atoms with E-state index in [1.54, 1.807) is 0 Å². The number of carbonyl (C=O) groups excluding carboxylic acids is 1. The van der Waals surface area contributed by atoms with Crippen molar-refractivity contribution in [1.82, 2.24) is 24.5 Å². The van der Waals surface area contributed by atoms with Gasteiger partial charge in [-0.2, -0.15) is 5.10 Å². The van der Waals surface area contributed by atoms with Gasteiger partial charge in [0, 0.05) is 5.02 Å². The van der Waals surface area contributed by atoms with Gasteiger partial charge in [0.05, 0.1) is 11.6 Å². The molecular weight excluding hydrogens is 458 g/mol. The highest BCUT2D eigenvalue weighted by molar-refractivity contribution is 6.32. The molecule has 0 saturated carbocycles. The van der Waals surface area contributed by atoms with E-state index in [9.17, 15) is 26.7 Å². The van der Waals surface area contributed by atoms with Crippen LogP contribution in [0.2, 0.25) is 10.0 Å². The third-order valence-electron chi connectivity index (χ3n) is 3.80. The van der Waals surface area contributed by atoms with Crippen LogP contribution >= 0.6 is 23.2 Å². The van der Waals surface area contributed by atoms with Gasteiger partial charge in [-0.15, -0.1) is 5.10 Å². The molecule has 3 rings (SSSR count). The monoisotopic (exact) mass is 468 g/mol. The quantitative estimate of drug-likeness (QED) is 0.518. The minimum Gasteiger partial charge on any atom is -0.292 e. The van der Waals surface area contributed by atoms with Crippen molar-refractivity contribution in [2.75, 3.05) is 5.32 Å². The van der Waals surface area contributed by atoms with Gasteiger partial charge >= 0.3 is 0 Å². The second kappa shape index (κ2) is 8.96. The summed E-state index contributed by atoms with van der Waals surface area (Å²) in [6.07, 6.45) is -5.16. The molecule has 1 aromatic carbocycles. The summed E-state index contributed by atoms with van der Waals surface area (Å²) in [6.45, 7) is -0.700. The molecule has 7 nitrogen and oxygen atoms in total. The predicted molar refractivity (Wildman–Crippen MR) is 96.3 cm³/mol. The minimum absolute atomic E-state index is 0.115. The Kier molecular flexibility index (Phi) is 6.56. The number of hydrogen-bond acceptors (Lipinski definition) is 4. The zero-order valence-corrected chi connectivity index (χ0v) is 16.2. The lowest BCUT2D eigenvalue weighted by molar-refractivity contribution is -0.117. The number of alkyl halides is 4. The third-order valence-corrected chi connectivity index (χ3v) is 4.54. The number of hydrogen-bond donors (Lipinski definition) is 1. The Morgan fingerprint density at radius 3 is 2.50 bits per heavy atom. The van der Waals surface area contributed by atoms with Gasteiger partial charge in [0.2, 0.25) is 11.9 Å². The molecule has 0 radical (unpaired) electrons. The molecule has 14 heteroatoms. The van der Waals surface area contributed by atoms with E-state index in [0.29, 0.717) is 10.2 Å². The highest BCUT2D eigenvalue weighted by atomic mass is 35.5. The SMILES string of the molecule is O=C(Cn1nc(C(F)F)c(Cl)c1C(F)F)Nc1ncn(Cc2ccc(F)cc2Cl)n1. The average molecular weight is 469 g/mol. The summed E-state index contributed by atoms with van der Waals surface area (Å²) >= 11 is 11.5. The summed E-state index contributed by atoms with van der Waals surface area (Å²) in [4.78, 5) is 15.9. The lowest BCUT2D eigenvalue weighted by Gasteiger charge is -2.06. The largest absolute Gasteiger partial charge is 0.292 e. The molecule has 0 atom stereocenters. The minimum atomic E-state index is -3.22. The fraction of sp³-hybridized carbons (Fsp3) is 0.250.